The number of cyclic esters (lactones) is 1. The standard InChI is InChI=1S/C24H29Cl3N2O6S/c1-14(5-7-18(30)34-10-8-29-9-11-36-13-29)4-6-16-20(28-23(32)24(25,26)27)19-17(12-35-22(19)31)15(2)21(16)33-3/h4H,5-13H2,1-3H3,(H,28,32). The highest BCUT2D eigenvalue weighted by Crippen LogP contribution is 2.42. The van der Waals surface area contributed by atoms with Gasteiger partial charge in [-0.05, 0) is 32.3 Å². The highest BCUT2D eigenvalue weighted by molar-refractivity contribution is 7.99. The van der Waals surface area contributed by atoms with Crippen molar-refractivity contribution in [3.05, 3.63) is 33.9 Å². The minimum absolute atomic E-state index is 0.0564. The van der Waals surface area contributed by atoms with Crippen LogP contribution in [0.25, 0.3) is 0 Å². The molecule has 1 aromatic carbocycles. The van der Waals surface area contributed by atoms with E-state index in [1.165, 1.54) is 7.11 Å². The first kappa shape index (κ1) is 28.9. The molecule has 3 rings (SSSR count). The maximum absolute atomic E-state index is 12.5. The number of carbonyl (C=O) groups is 3. The Morgan fingerprint density at radius 2 is 2.03 bits per heavy atom. The van der Waals surface area contributed by atoms with Gasteiger partial charge < -0.3 is 19.5 Å². The van der Waals surface area contributed by atoms with Crippen LogP contribution < -0.4 is 10.1 Å². The van der Waals surface area contributed by atoms with E-state index in [2.05, 4.69) is 10.2 Å². The van der Waals surface area contributed by atoms with Crippen LogP contribution >= 0.6 is 46.6 Å². The summed E-state index contributed by atoms with van der Waals surface area (Å²) in [5.41, 5.74) is 3.22. The van der Waals surface area contributed by atoms with Gasteiger partial charge in [-0.25, -0.2) is 4.79 Å². The quantitative estimate of drug-likeness (QED) is 0.240. The van der Waals surface area contributed by atoms with E-state index in [4.69, 9.17) is 49.0 Å². The molecule has 198 valence electrons. The third-order valence-electron chi connectivity index (χ3n) is 6.05. The van der Waals surface area contributed by atoms with E-state index in [9.17, 15) is 14.4 Å². The van der Waals surface area contributed by atoms with Gasteiger partial charge in [0, 0.05) is 42.3 Å². The van der Waals surface area contributed by atoms with Gasteiger partial charge in [-0.3, -0.25) is 14.5 Å². The van der Waals surface area contributed by atoms with Crippen molar-refractivity contribution in [3.63, 3.8) is 0 Å². The molecule has 1 fully saturated rings. The summed E-state index contributed by atoms with van der Waals surface area (Å²) in [4.78, 5) is 39.4. The Hall–Kier alpha value is -1.65. The fourth-order valence-electron chi connectivity index (χ4n) is 4.04. The molecule has 1 amide bonds. The van der Waals surface area contributed by atoms with E-state index in [0.717, 1.165) is 35.9 Å². The average molecular weight is 580 g/mol. The third kappa shape index (κ3) is 7.22. The highest BCUT2D eigenvalue weighted by atomic mass is 35.6. The van der Waals surface area contributed by atoms with E-state index in [1.807, 2.05) is 31.7 Å². The monoisotopic (exact) mass is 578 g/mol. The smallest absolute Gasteiger partial charge is 0.341 e. The molecule has 2 aliphatic rings. The van der Waals surface area contributed by atoms with Crippen LogP contribution in [0.2, 0.25) is 0 Å². The van der Waals surface area contributed by atoms with Gasteiger partial charge in [0.2, 0.25) is 0 Å². The van der Waals surface area contributed by atoms with Crippen LogP contribution in [-0.2, 0) is 32.1 Å². The van der Waals surface area contributed by atoms with Crippen molar-refractivity contribution < 1.29 is 28.6 Å². The Kier molecular flexibility index (Phi) is 10.2. The summed E-state index contributed by atoms with van der Waals surface area (Å²) < 4.78 is 14.0. The number of benzene rings is 1. The summed E-state index contributed by atoms with van der Waals surface area (Å²) >= 11 is 19.2. The molecule has 0 aromatic heterocycles. The number of thioether (sulfide) groups is 1. The minimum Gasteiger partial charge on any atom is -0.496 e. The van der Waals surface area contributed by atoms with E-state index in [-0.39, 0.29) is 30.2 Å². The van der Waals surface area contributed by atoms with E-state index in [0.29, 0.717) is 36.3 Å². The summed E-state index contributed by atoms with van der Waals surface area (Å²) in [6.45, 7) is 5.93. The van der Waals surface area contributed by atoms with E-state index in [1.54, 1.807) is 0 Å². The minimum atomic E-state index is -2.23. The molecular formula is C24H29Cl3N2O6S. The summed E-state index contributed by atoms with van der Waals surface area (Å²) in [6.07, 6.45) is 2.96. The molecule has 0 unspecified atom stereocenters. The van der Waals surface area contributed by atoms with Crippen LogP contribution in [0.5, 0.6) is 5.75 Å². The molecule has 2 heterocycles. The van der Waals surface area contributed by atoms with Crippen LogP contribution in [0, 0.1) is 6.92 Å². The second-order valence-electron chi connectivity index (χ2n) is 8.52. The molecule has 1 saturated heterocycles. The zero-order valence-corrected chi connectivity index (χ0v) is 23.5. The lowest BCUT2D eigenvalue weighted by Gasteiger charge is -2.21. The van der Waals surface area contributed by atoms with Crippen molar-refractivity contribution in [2.24, 2.45) is 0 Å². The van der Waals surface area contributed by atoms with Crippen LogP contribution in [-0.4, -0.2) is 65.0 Å². The number of rotatable bonds is 10. The third-order valence-corrected chi connectivity index (χ3v) is 7.58. The van der Waals surface area contributed by atoms with Crippen LogP contribution in [0.1, 0.15) is 46.8 Å². The lowest BCUT2D eigenvalue weighted by molar-refractivity contribution is -0.143. The lowest BCUT2D eigenvalue weighted by Crippen LogP contribution is -2.28. The second kappa shape index (κ2) is 12.7. The van der Waals surface area contributed by atoms with Crippen molar-refractivity contribution in [1.29, 1.82) is 0 Å². The normalized spacial score (nSPS) is 16.1. The Bertz CT molecular complexity index is 1050. The molecule has 0 aliphatic carbocycles. The fraction of sp³-hybridized carbons (Fsp3) is 0.542. The number of amides is 1. The SMILES string of the molecule is COc1c(C)c2c(c(NC(=O)C(Cl)(Cl)Cl)c1CC=C(C)CCC(=O)OCCN1CCSC1)C(=O)OC2. The molecule has 36 heavy (non-hydrogen) atoms. The van der Waals surface area contributed by atoms with Gasteiger partial charge >= 0.3 is 11.9 Å². The Morgan fingerprint density at radius 3 is 2.67 bits per heavy atom. The van der Waals surface area contributed by atoms with Crippen molar-refractivity contribution in [1.82, 2.24) is 4.90 Å². The van der Waals surface area contributed by atoms with Gasteiger partial charge in [0.15, 0.2) is 0 Å². The Balaban J connectivity index is 1.74. The maximum Gasteiger partial charge on any atom is 0.341 e. The number of ether oxygens (including phenoxy) is 3. The zero-order valence-electron chi connectivity index (χ0n) is 20.4. The number of nitrogens with zero attached hydrogens (tertiary/aromatic N) is 1. The molecule has 0 atom stereocenters. The molecule has 0 radical (unpaired) electrons. The van der Waals surface area contributed by atoms with Crippen molar-refractivity contribution in [2.75, 3.05) is 43.8 Å². The molecule has 1 N–H and O–H groups in total. The molecule has 0 spiro atoms. The summed E-state index contributed by atoms with van der Waals surface area (Å²) in [7, 11) is 1.50. The van der Waals surface area contributed by atoms with Gasteiger partial charge in [0.05, 0.1) is 18.4 Å². The van der Waals surface area contributed by atoms with Crippen molar-refractivity contribution in [3.8, 4) is 5.75 Å². The number of halogens is 3. The number of nitrogens with one attached hydrogen (secondary N) is 1. The molecule has 2 aliphatic heterocycles. The van der Waals surface area contributed by atoms with Gasteiger partial charge in [-0.2, -0.15) is 0 Å². The van der Waals surface area contributed by atoms with E-state index >= 15 is 0 Å². The summed E-state index contributed by atoms with van der Waals surface area (Å²) in [5, 5.41) is 2.58. The number of hydrogen-bond acceptors (Lipinski definition) is 8. The number of fused-ring (bicyclic) bond motifs is 1. The summed E-state index contributed by atoms with van der Waals surface area (Å²) in [6, 6.07) is 0. The first-order chi connectivity index (χ1) is 17.0. The Morgan fingerprint density at radius 1 is 1.28 bits per heavy atom. The Labute approximate surface area is 229 Å². The average Bonchev–Trinajstić information content (AvgIpc) is 3.47. The van der Waals surface area contributed by atoms with Crippen molar-refractivity contribution in [2.45, 2.75) is 43.5 Å². The number of esters is 2. The maximum atomic E-state index is 12.5. The van der Waals surface area contributed by atoms with Gasteiger partial charge in [0.1, 0.15) is 19.0 Å². The highest BCUT2D eigenvalue weighted by Gasteiger charge is 2.36. The number of anilines is 1. The number of carbonyl (C=O) groups excluding carboxylic acids is 3. The predicted octanol–water partition coefficient (Wildman–Crippen LogP) is 4.80. The molecule has 12 heteroatoms. The number of methoxy groups -OCH3 is 1. The van der Waals surface area contributed by atoms with Crippen molar-refractivity contribution >= 4 is 70.1 Å². The molecular weight excluding hydrogens is 551 g/mol. The number of allylic oxidation sites excluding steroid dienone is 2. The second-order valence-corrected chi connectivity index (χ2v) is 11.9. The molecule has 8 nitrogen and oxygen atoms in total. The predicted molar refractivity (Wildman–Crippen MR) is 142 cm³/mol. The van der Waals surface area contributed by atoms with E-state index < -0.39 is 15.7 Å². The van der Waals surface area contributed by atoms with Gasteiger partial charge in [0.25, 0.3) is 9.70 Å². The number of alkyl halides is 3. The summed E-state index contributed by atoms with van der Waals surface area (Å²) in [5.74, 6) is 0.857. The fourth-order valence-corrected chi connectivity index (χ4v) is 5.22. The first-order valence-corrected chi connectivity index (χ1v) is 13.7. The molecule has 0 bridgehead atoms. The van der Waals surface area contributed by atoms with Crippen LogP contribution in [0.3, 0.4) is 0 Å². The molecule has 0 saturated carbocycles. The zero-order chi connectivity index (χ0) is 26.5. The van der Waals surface area contributed by atoms with Crippen LogP contribution in [0.4, 0.5) is 5.69 Å². The van der Waals surface area contributed by atoms with Gasteiger partial charge in [-0.15, -0.1) is 11.8 Å². The lowest BCUT2D eigenvalue weighted by atomic mass is 9.93. The van der Waals surface area contributed by atoms with Crippen LogP contribution in [0.15, 0.2) is 11.6 Å². The first-order valence-electron chi connectivity index (χ1n) is 11.4. The van der Waals surface area contributed by atoms with Gasteiger partial charge in [-0.1, -0.05) is 46.5 Å². The number of hydrogen-bond donors (Lipinski definition) is 1. The topological polar surface area (TPSA) is 94.2 Å². The molecule has 1 aromatic rings. The largest absolute Gasteiger partial charge is 0.496 e.